The van der Waals surface area contributed by atoms with E-state index in [9.17, 15) is 14.7 Å². The number of carboxylic acid groups (broad SMARTS) is 1. The normalized spacial score (nSPS) is 31.4. The molecule has 2 fully saturated rings. The van der Waals surface area contributed by atoms with Gasteiger partial charge in [-0.1, -0.05) is 6.92 Å². The number of carbonyl (C=O) groups is 2. The van der Waals surface area contributed by atoms with Crippen molar-refractivity contribution in [3.05, 3.63) is 0 Å². The molecule has 0 atom stereocenters. The number of hydrogen-bond acceptors (Lipinski definition) is 3. The van der Waals surface area contributed by atoms with E-state index in [1.165, 1.54) is 0 Å². The number of thioether (sulfide) groups is 1. The van der Waals surface area contributed by atoms with Gasteiger partial charge in [-0.25, -0.2) is 9.59 Å². The Hall–Kier alpha value is -0.910. The highest BCUT2D eigenvalue weighted by molar-refractivity contribution is 7.99. The topological polar surface area (TPSA) is 69.6 Å². The largest absolute Gasteiger partial charge is 0.480 e. The van der Waals surface area contributed by atoms with Crippen LogP contribution in [0.15, 0.2) is 0 Å². The molecule has 0 aromatic rings. The van der Waals surface area contributed by atoms with Crippen LogP contribution < -0.4 is 5.32 Å². The minimum absolute atomic E-state index is 0.204. The molecule has 114 valence electrons. The second-order valence-electron chi connectivity index (χ2n) is 5.95. The fourth-order valence-corrected chi connectivity index (χ4v) is 3.77. The van der Waals surface area contributed by atoms with Gasteiger partial charge in [-0.2, -0.15) is 11.8 Å². The van der Waals surface area contributed by atoms with Crippen molar-refractivity contribution in [3.8, 4) is 0 Å². The van der Waals surface area contributed by atoms with Crippen molar-refractivity contribution in [1.29, 1.82) is 0 Å². The van der Waals surface area contributed by atoms with E-state index in [2.05, 4.69) is 12.2 Å². The van der Waals surface area contributed by atoms with Crippen molar-refractivity contribution in [2.45, 2.75) is 44.6 Å². The maximum absolute atomic E-state index is 12.4. The average Bonchev–Trinajstić information content (AvgIpc) is 2.70. The summed E-state index contributed by atoms with van der Waals surface area (Å²) < 4.78 is 0. The van der Waals surface area contributed by atoms with Gasteiger partial charge in [0.05, 0.1) is 0 Å². The Morgan fingerprint density at radius 3 is 2.60 bits per heavy atom. The summed E-state index contributed by atoms with van der Waals surface area (Å²) in [6, 6.07) is -0.204. The fourth-order valence-electron chi connectivity index (χ4n) is 2.88. The summed E-state index contributed by atoms with van der Waals surface area (Å²) in [5.74, 6) is 1.67. The minimum atomic E-state index is -1.05. The molecule has 0 unspecified atom stereocenters. The molecular weight excluding hydrogens is 276 g/mol. The van der Waals surface area contributed by atoms with Crippen molar-refractivity contribution in [1.82, 2.24) is 10.2 Å². The highest BCUT2D eigenvalue weighted by Crippen LogP contribution is 2.32. The van der Waals surface area contributed by atoms with Crippen molar-refractivity contribution in [3.63, 3.8) is 0 Å². The zero-order chi connectivity index (χ0) is 14.6. The first kappa shape index (κ1) is 15.5. The van der Waals surface area contributed by atoms with Gasteiger partial charge in [-0.15, -0.1) is 0 Å². The number of rotatable bonds is 2. The Kier molecular flexibility index (Phi) is 5.18. The summed E-state index contributed by atoms with van der Waals surface area (Å²) in [6.45, 7) is 3.58. The molecule has 2 rings (SSSR count). The summed E-state index contributed by atoms with van der Waals surface area (Å²) in [6.07, 6.45) is 3.79. The Balaban J connectivity index is 2.00. The average molecular weight is 300 g/mol. The summed E-state index contributed by atoms with van der Waals surface area (Å²) in [7, 11) is 0. The zero-order valence-corrected chi connectivity index (χ0v) is 12.9. The molecule has 2 N–H and O–H groups in total. The van der Waals surface area contributed by atoms with Crippen LogP contribution in [-0.2, 0) is 4.79 Å². The van der Waals surface area contributed by atoms with E-state index in [4.69, 9.17) is 0 Å². The summed E-state index contributed by atoms with van der Waals surface area (Å²) in [4.78, 5) is 25.8. The van der Waals surface area contributed by atoms with Gasteiger partial charge in [0.1, 0.15) is 5.54 Å². The molecule has 0 bridgehead atoms. The lowest BCUT2D eigenvalue weighted by atomic mass is 9.77. The number of carboxylic acids is 1. The zero-order valence-electron chi connectivity index (χ0n) is 12.1. The smallest absolute Gasteiger partial charge is 0.329 e. The first-order chi connectivity index (χ1) is 9.53. The number of amides is 2. The quantitative estimate of drug-likeness (QED) is 0.820. The first-order valence-corrected chi connectivity index (χ1v) is 8.57. The van der Waals surface area contributed by atoms with Crippen LogP contribution in [0.1, 0.15) is 39.0 Å². The van der Waals surface area contributed by atoms with Gasteiger partial charge in [0.25, 0.3) is 0 Å². The number of aliphatic carboxylic acids is 1. The minimum Gasteiger partial charge on any atom is -0.480 e. The predicted octanol–water partition coefficient (Wildman–Crippen LogP) is 2.17. The monoisotopic (exact) mass is 300 g/mol. The molecule has 20 heavy (non-hydrogen) atoms. The molecule has 6 heteroatoms. The van der Waals surface area contributed by atoms with Gasteiger partial charge in [-0.05, 0) is 43.8 Å². The van der Waals surface area contributed by atoms with Crippen LogP contribution in [0.4, 0.5) is 4.79 Å². The van der Waals surface area contributed by atoms with E-state index >= 15 is 0 Å². The molecule has 1 saturated heterocycles. The van der Waals surface area contributed by atoms with Crippen molar-refractivity contribution < 1.29 is 14.7 Å². The van der Waals surface area contributed by atoms with E-state index in [1.807, 2.05) is 11.8 Å². The SMILES string of the molecule is CC1CCC(NC(=O)N2CCCSCC2)(C(=O)O)CC1. The first-order valence-electron chi connectivity index (χ1n) is 7.42. The standard InChI is InChI=1S/C14H24N2O3S/c1-11-3-5-14(6-4-11,12(17)18)15-13(19)16-7-2-9-20-10-8-16/h11H,2-10H2,1H3,(H,15,19)(H,17,18). The number of carbonyl (C=O) groups excluding carboxylic acids is 1. The van der Waals surface area contributed by atoms with Gasteiger partial charge in [-0.3, -0.25) is 0 Å². The lowest BCUT2D eigenvalue weighted by Crippen LogP contribution is -2.59. The molecule has 1 aliphatic carbocycles. The van der Waals surface area contributed by atoms with E-state index in [0.717, 1.165) is 37.3 Å². The van der Waals surface area contributed by atoms with Gasteiger partial charge in [0.15, 0.2) is 0 Å². The number of urea groups is 1. The van der Waals surface area contributed by atoms with Crippen LogP contribution in [0.2, 0.25) is 0 Å². The Morgan fingerprint density at radius 1 is 1.25 bits per heavy atom. The van der Waals surface area contributed by atoms with E-state index < -0.39 is 11.5 Å². The Bertz CT molecular complexity index is 359. The molecule has 0 radical (unpaired) electrons. The lowest BCUT2D eigenvalue weighted by Gasteiger charge is -2.37. The molecule has 1 aliphatic heterocycles. The molecule has 1 heterocycles. The van der Waals surface area contributed by atoms with Crippen LogP contribution in [0.25, 0.3) is 0 Å². The van der Waals surface area contributed by atoms with Crippen molar-refractivity contribution in [2.24, 2.45) is 5.92 Å². The molecule has 0 aromatic carbocycles. The number of hydrogen-bond donors (Lipinski definition) is 2. The molecule has 0 spiro atoms. The molecule has 0 aromatic heterocycles. The van der Waals surface area contributed by atoms with Gasteiger partial charge >= 0.3 is 12.0 Å². The number of nitrogens with one attached hydrogen (secondary N) is 1. The third-order valence-electron chi connectivity index (χ3n) is 4.39. The van der Waals surface area contributed by atoms with Crippen molar-refractivity contribution >= 4 is 23.8 Å². The fraction of sp³-hybridized carbons (Fsp3) is 0.857. The van der Waals surface area contributed by atoms with Gasteiger partial charge in [0.2, 0.25) is 0 Å². The molecular formula is C14H24N2O3S. The molecule has 2 amide bonds. The van der Waals surface area contributed by atoms with Gasteiger partial charge in [0, 0.05) is 18.8 Å². The predicted molar refractivity (Wildman–Crippen MR) is 80.0 cm³/mol. The molecule has 2 aliphatic rings. The number of nitrogens with zero attached hydrogens (tertiary/aromatic N) is 1. The summed E-state index contributed by atoms with van der Waals surface area (Å²) in [5, 5.41) is 12.4. The van der Waals surface area contributed by atoms with E-state index in [-0.39, 0.29) is 6.03 Å². The second-order valence-corrected chi connectivity index (χ2v) is 7.18. The van der Waals surface area contributed by atoms with E-state index in [0.29, 0.717) is 25.3 Å². The summed E-state index contributed by atoms with van der Waals surface area (Å²) in [5.41, 5.74) is -1.05. The highest BCUT2D eigenvalue weighted by Gasteiger charge is 2.43. The third kappa shape index (κ3) is 3.59. The third-order valence-corrected chi connectivity index (χ3v) is 5.44. The maximum Gasteiger partial charge on any atom is 0.329 e. The van der Waals surface area contributed by atoms with Crippen LogP contribution in [0.5, 0.6) is 0 Å². The highest BCUT2D eigenvalue weighted by atomic mass is 32.2. The lowest BCUT2D eigenvalue weighted by molar-refractivity contribution is -0.146. The Labute approximate surface area is 124 Å². The molecule has 1 saturated carbocycles. The Morgan fingerprint density at radius 2 is 1.95 bits per heavy atom. The van der Waals surface area contributed by atoms with E-state index in [1.54, 1.807) is 4.90 Å². The van der Waals surface area contributed by atoms with Crippen LogP contribution in [0, 0.1) is 5.92 Å². The van der Waals surface area contributed by atoms with Crippen molar-refractivity contribution in [2.75, 3.05) is 24.6 Å². The van der Waals surface area contributed by atoms with Crippen LogP contribution in [0.3, 0.4) is 0 Å². The molecule has 5 nitrogen and oxygen atoms in total. The second kappa shape index (κ2) is 6.70. The van der Waals surface area contributed by atoms with Gasteiger partial charge < -0.3 is 15.3 Å². The maximum atomic E-state index is 12.4. The van der Waals surface area contributed by atoms with Crippen LogP contribution >= 0.6 is 11.8 Å². The van der Waals surface area contributed by atoms with Crippen LogP contribution in [-0.4, -0.2) is 52.1 Å². The summed E-state index contributed by atoms with van der Waals surface area (Å²) >= 11 is 1.85.